The molecule has 2 saturated carbocycles. The highest BCUT2D eigenvalue weighted by molar-refractivity contribution is 6.04. The maximum atomic E-state index is 13.5. The number of aliphatic carboxylic acids is 1. The Morgan fingerprint density at radius 3 is 2.53 bits per heavy atom. The van der Waals surface area contributed by atoms with E-state index in [-0.39, 0.29) is 23.8 Å². The highest BCUT2D eigenvalue weighted by Crippen LogP contribution is 2.32. The molecule has 0 spiro atoms. The largest absolute Gasteiger partial charge is 0.478 e. The lowest BCUT2D eigenvalue weighted by atomic mass is 10.1. The van der Waals surface area contributed by atoms with E-state index < -0.39 is 17.5 Å². The molecule has 0 heterocycles. The highest BCUT2D eigenvalue weighted by Gasteiger charge is 2.47. The smallest absolute Gasteiger partial charge is 0.351 e. The van der Waals surface area contributed by atoms with Crippen LogP contribution in [0.4, 0.5) is 4.39 Å². The fraction of sp³-hybridized carbons (Fsp3) is 0.750. The molecule has 0 aliphatic heterocycles. The molecule has 2 rings (SSSR count). The van der Waals surface area contributed by atoms with E-state index in [9.17, 15) is 18.8 Å². The number of halogens is 1. The Balaban J connectivity index is 1.70. The topological polar surface area (TPSA) is 95.5 Å². The van der Waals surface area contributed by atoms with Gasteiger partial charge in [-0.3, -0.25) is 9.59 Å². The minimum absolute atomic E-state index is 0.0258. The number of carbonyl (C=O) groups is 3. The third-order valence-electron chi connectivity index (χ3n) is 3.55. The summed E-state index contributed by atoms with van der Waals surface area (Å²) in [7, 11) is 0. The minimum atomic E-state index is -2.91. The molecular weight excluding hydrogens is 255 g/mol. The van der Waals surface area contributed by atoms with E-state index in [1.165, 1.54) is 0 Å². The second kappa shape index (κ2) is 4.79. The van der Waals surface area contributed by atoms with Crippen LogP contribution in [0.5, 0.6) is 0 Å². The van der Waals surface area contributed by atoms with Crippen molar-refractivity contribution in [2.45, 2.75) is 37.9 Å². The van der Waals surface area contributed by atoms with Gasteiger partial charge in [0.05, 0.1) is 0 Å². The predicted molar refractivity (Wildman–Crippen MR) is 62.9 cm³/mol. The van der Waals surface area contributed by atoms with Crippen molar-refractivity contribution >= 4 is 17.8 Å². The van der Waals surface area contributed by atoms with E-state index >= 15 is 0 Å². The predicted octanol–water partition coefficient (Wildman–Crippen LogP) is -0.170. The van der Waals surface area contributed by atoms with Gasteiger partial charge in [0.25, 0.3) is 11.6 Å². The first kappa shape index (κ1) is 13.8. The van der Waals surface area contributed by atoms with Gasteiger partial charge in [0.2, 0.25) is 5.91 Å². The maximum Gasteiger partial charge on any atom is 0.351 e. The van der Waals surface area contributed by atoms with Crippen molar-refractivity contribution in [1.29, 1.82) is 0 Å². The molecule has 0 bridgehead atoms. The van der Waals surface area contributed by atoms with Crippen LogP contribution in [-0.2, 0) is 14.4 Å². The summed E-state index contributed by atoms with van der Waals surface area (Å²) in [6.07, 6.45) is 2.48. The molecule has 0 aromatic carbocycles. The zero-order chi connectivity index (χ0) is 14.2. The van der Waals surface area contributed by atoms with Crippen LogP contribution < -0.4 is 10.6 Å². The van der Waals surface area contributed by atoms with Crippen LogP contribution >= 0.6 is 0 Å². The van der Waals surface area contributed by atoms with Gasteiger partial charge in [-0.25, -0.2) is 9.18 Å². The van der Waals surface area contributed by atoms with E-state index in [1.807, 2.05) is 0 Å². The average Bonchev–Trinajstić information content (AvgIpc) is 3.21. The lowest BCUT2D eigenvalue weighted by Crippen LogP contribution is -2.48. The summed E-state index contributed by atoms with van der Waals surface area (Å²) in [6.45, 7) is 1.16. The maximum absolute atomic E-state index is 13.5. The lowest BCUT2D eigenvalue weighted by Gasteiger charge is -2.14. The summed E-state index contributed by atoms with van der Waals surface area (Å²) in [4.78, 5) is 33.3. The molecule has 2 fully saturated rings. The molecule has 0 aromatic rings. The standard InChI is InChI=1S/C12H17FN2O4/c1-12(13,11(18)19)10(17)15-8-4-7(8)5-14-9(16)6-2-3-6/h6-8H,2-5H2,1H3,(H,14,16)(H,15,17)(H,18,19). The van der Waals surface area contributed by atoms with Gasteiger partial charge in [0, 0.05) is 18.5 Å². The number of carboxylic acid groups (broad SMARTS) is 1. The van der Waals surface area contributed by atoms with Gasteiger partial charge >= 0.3 is 5.97 Å². The van der Waals surface area contributed by atoms with Crippen LogP contribution in [-0.4, -0.2) is 41.1 Å². The summed E-state index contributed by atoms with van der Waals surface area (Å²) in [5.74, 6) is -2.72. The molecule has 6 nitrogen and oxygen atoms in total. The van der Waals surface area contributed by atoms with E-state index in [0.29, 0.717) is 13.0 Å². The van der Waals surface area contributed by atoms with E-state index in [2.05, 4.69) is 10.6 Å². The second-order valence-corrected chi connectivity index (χ2v) is 5.40. The first-order chi connectivity index (χ1) is 8.82. The van der Waals surface area contributed by atoms with E-state index in [4.69, 9.17) is 5.11 Å². The van der Waals surface area contributed by atoms with Gasteiger partial charge in [-0.2, -0.15) is 0 Å². The normalized spacial score (nSPS) is 28.1. The summed E-state index contributed by atoms with van der Waals surface area (Å²) in [6, 6.07) is -0.249. The van der Waals surface area contributed by atoms with Gasteiger partial charge in [-0.05, 0) is 32.1 Å². The molecule has 3 N–H and O–H groups in total. The molecule has 0 saturated heterocycles. The Morgan fingerprint density at radius 1 is 1.37 bits per heavy atom. The third-order valence-corrected chi connectivity index (χ3v) is 3.55. The number of carboxylic acids is 1. The SMILES string of the molecule is CC(F)(C(=O)O)C(=O)NC1CC1CNC(=O)C1CC1. The first-order valence-electron chi connectivity index (χ1n) is 6.33. The van der Waals surface area contributed by atoms with Crippen LogP contribution in [0.3, 0.4) is 0 Å². The molecule has 2 aliphatic carbocycles. The van der Waals surface area contributed by atoms with Gasteiger partial charge in [0.15, 0.2) is 0 Å². The van der Waals surface area contributed by atoms with Crippen LogP contribution in [0, 0.1) is 11.8 Å². The first-order valence-corrected chi connectivity index (χ1v) is 6.33. The Labute approximate surface area is 109 Å². The summed E-state index contributed by atoms with van der Waals surface area (Å²) < 4.78 is 13.5. The quantitative estimate of drug-likeness (QED) is 0.585. The molecule has 3 unspecified atom stereocenters. The average molecular weight is 272 g/mol. The van der Waals surface area contributed by atoms with E-state index in [0.717, 1.165) is 19.8 Å². The molecule has 106 valence electrons. The van der Waals surface area contributed by atoms with Crippen molar-refractivity contribution in [3.63, 3.8) is 0 Å². The van der Waals surface area contributed by atoms with Crippen molar-refractivity contribution in [3.05, 3.63) is 0 Å². The monoisotopic (exact) mass is 272 g/mol. The van der Waals surface area contributed by atoms with Crippen molar-refractivity contribution in [2.24, 2.45) is 11.8 Å². The second-order valence-electron chi connectivity index (χ2n) is 5.40. The molecule has 7 heteroatoms. The Bertz CT molecular complexity index is 420. The zero-order valence-electron chi connectivity index (χ0n) is 10.6. The number of alkyl halides is 1. The molecule has 0 aromatic heterocycles. The Hall–Kier alpha value is -1.66. The zero-order valence-corrected chi connectivity index (χ0v) is 10.6. The molecule has 19 heavy (non-hydrogen) atoms. The number of rotatable bonds is 6. The van der Waals surface area contributed by atoms with E-state index in [1.54, 1.807) is 0 Å². The van der Waals surface area contributed by atoms with Crippen molar-refractivity contribution in [2.75, 3.05) is 6.54 Å². The Morgan fingerprint density at radius 2 is 2.00 bits per heavy atom. The van der Waals surface area contributed by atoms with Gasteiger partial charge in [-0.15, -0.1) is 0 Å². The van der Waals surface area contributed by atoms with Crippen molar-refractivity contribution in [3.8, 4) is 0 Å². The van der Waals surface area contributed by atoms with Gasteiger partial charge < -0.3 is 15.7 Å². The van der Waals surface area contributed by atoms with Crippen LogP contribution in [0.1, 0.15) is 26.2 Å². The minimum Gasteiger partial charge on any atom is -0.478 e. The van der Waals surface area contributed by atoms with Crippen molar-refractivity contribution in [1.82, 2.24) is 10.6 Å². The number of amides is 2. The number of nitrogens with one attached hydrogen (secondary N) is 2. The third kappa shape index (κ3) is 3.21. The molecule has 2 aliphatic rings. The molecule has 2 amide bonds. The molecular formula is C12H17FN2O4. The van der Waals surface area contributed by atoms with Crippen LogP contribution in [0.15, 0.2) is 0 Å². The van der Waals surface area contributed by atoms with Gasteiger partial charge in [-0.1, -0.05) is 0 Å². The summed E-state index contributed by atoms with van der Waals surface area (Å²) in [5.41, 5.74) is -2.91. The fourth-order valence-electron chi connectivity index (χ4n) is 1.77. The van der Waals surface area contributed by atoms with Gasteiger partial charge in [0.1, 0.15) is 0 Å². The van der Waals surface area contributed by atoms with Crippen LogP contribution in [0.25, 0.3) is 0 Å². The lowest BCUT2D eigenvalue weighted by molar-refractivity contribution is -0.156. The number of hydrogen-bond acceptors (Lipinski definition) is 3. The Kier molecular flexibility index (Phi) is 3.47. The molecule has 3 atom stereocenters. The summed E-state index contributed by atoms with van der Waals surface area (Å²) >= 11 is 0. The fourth-order valence-corrected chi connectivity index (χ4v) is 1.77. The summed E-state index contributed by atoms with van der Waals surface area (Å²) in [5, 5.41) is 13.7. The highest BCUT2D eigenvalue weighted by atomic mass is 19.1. The molecule has 0 radical (unpaired) electrons. The van der Waals surface area contributed by atoms with Crippen LogP contribution in [0.2, 0.25) is 0 Å². The number of carbonyl (C=O) groups excluding carboxylic acids is 2. The number of hydrogen-bond donors (Lipinski definition) is 3. The van der Waals surface area contributed by atoms with Crippen molar-refractivity contribution < 1.29 is 23.9 Å².